The fourth-order valence-corrected chi connectivity index (χ4v) is 2.83. The number of nitrogens with one attached hydrogen (secondary N) is 1. The smallest absolute Gasteiger partial charge is 0.225 e. The van der Waals surface area contributed by atoms with E-state index in [1.165, 1.54) is 0 Å². The molecule has 1 saturated heterocycles. The molecule has 20 heavy (non-hydrogen) atoms. The van der Waals surface area contributed by atoms with Crippen molar-refractivity contribution in [3.63, 3.8) is 0 Å². The summed E-state index contributed by atoms with van der Waals surface area (Å²) in [5.41, 5.74) is 5.36. The monoisotopic (exact) mass is 283 g/mol. The third kappa shape index (κ3) is 4.78. The Morgan fingerprint density at radius 2 is 2.00 bits per heavy atom. The predicted molar refractivity (Wildman–Crippen MR) is 80.1 cm³/mol. The van der Waals surface area contributed by atoms with E-state index in [2.05, 4.69) is 19.2 Å². The molecule has 1 fully saturated rings. The van der Waals surface area contributed by atoms with Gasteiger partial charge in [0.1, 0.15) is 0 Å². The quantitative estimate of drug-likeness (QED) is 0.739. The molecular formula is C15H29N3O2. The summed E-state index contributed by atoms with van der Waals surface area (Å²) in [7, 11) is 0. The first-order chi connectivity index (χ1) is 9.63. The van der Waals surface area contributed by atoms with Crippen LogP contribution in [0.3, 0.4) is 0 Å². The minimum atomic E-state index is -0.0204. The van der Waals surface area contributed by atoms with E-state index in [1.54, 1.807) is 0 Å². The van der Waals surface area contributed by atoms with Gasteiger partial charge in [0.15, 0.2) is 0 Å². The normalized spacial score (nSPS) is 19.2. The topological polar surface area (TPSA) is 75.4 Å². The molecular weight excluding hydrogens is 254 g/mol. The van der Waals surface area contributed by atoms with Crippen molar-refractivity contribution < 1.29 is 9.59 Å². The number of nitrogens with two attached hydrogens (primary N) is 1. The Morgan fingerprint density at radius 1 is 1.30 bits per heavy atom. The van der Waals surface area contributed by atoms with Crippen LogP contribution in [0.15, 0.2) is 0 Å². The number of likely N-dealkylation sites (tertiary alicyclic amines) is 1. The van der Waals surface area contributed by atoms with E-state index < -0.39 is 0 Å². The van der Waals surface area contributed by atoms with Gasteiger partial charge >= 0.3 is 0 Å². The van der Waals surface area contributed by atoms with Crippen molar-refractivity contribution in [1.29, 1.82) is 0 Å². The molecule has 116 valence electrons. The molecule has 0 aromatic heterocycles. The summed E-state index contributed by atoms with van der Waals surface area (Å²) >= 11 is 0. The first kappa shape index (κ1) is 17.0. The molecule has 0 saturated carbocycles. The van der Waals surface area contributed by atoms with Gasteiger partial charge in [-0.1, -0.05) is 13.8 Å². The molecule has 1 aliphatic rings. The molecule has 1 unspecified atom stereocenters. The lowest BCUT2D eigenvalue weighted by molar-refractivity contribution is -0.140. The highest BCUT2D eigenvalue weighted by molar-refractivity contribution is 5.79. The van der Waals surface area contributed by atoms with Crippen molar-refractivity contribution in [3.05, 3.63) is 0 Å². The van der Waals surface area contributed by atoms with Crippen LogP contribution in [0.5, 0.6) is 0 Å². The zero-order valence-electron chi connectivity index (χ0n) is 12.9. The third-order valence-corrected chi connectivity index (χ3v) is 4.15. The van der Waals surface area contributed by atoms with Crippen molar-refractivity contribution in [2.75, 3.05) is 19.6 Å². The Hall–Kier alpha value is -1.10. The van der Waals surface area contributed by atoms with Crippen LogP contribution in [0, 0.1) is 5.92 Å². The molecule has 0 aromatic rings. The number of amides is 2. The molecule has 0 aromatic carbocycles. The Labute approximate surface area is 122 Å². The van der Waals surface area contributed by atoms with Gasteiger partial charge in [-0.05, 0) is 32.1 Å². The highest BCUT2D eigenvalue weighted by Crippen LogP contribution is 2.21. The summed E-state index contributed by atoms with van der Waals surface area (Å²) in [5.74, 6) is 0.358. The van der Waals surface area contributed by atoms with E-state index in [0.717, 1.165) is 38.6 Å². The molecule has 2 amide bonds. The van der Waals surface area contributed by atoms with Gasteiger partial charge in [0, 0.05) is 38.0 Å². The fourth-order valence-electron chi connectivity index (χ4n) is 2.83. The standard InChI is InChI=1S/C15H29N3O2/c1-3-12(4-2)15(20)18-10-6-5-7-13(18)11-17-14(19)8-9-16/h12-13H,3-11,16H2,1-2H3,(H,17,19). The molecule has 3 N–H and O–H groups in total. The van der Waals surface area contributed by atoms with Crippen molar-refractivity contribution in [1.82, 2.24) is 10.2 Å². The molecule has 0 spiro atoms. The van der Waals surface area contributed by atoms with Crippen LogP contribution < -0.4 is 11.1 Å². The molecule has 5 nitrogen and oxygen atoms in total. The molecule has 1 rings (SSSR count). The van der Waals surface area contributed by atoms with Crippen molar-refractivity contribution in [2.45, 2.75) is 58.4 Å². The summed E-state index contributed by atoms with van der Waals surface area (Å²) in [6.07, 6.45) is 5.31. The van der Waals surface area contributed by atoms with Crippen LogP contribution in [-0.4, -0.2) is 42.4 Å². The van der Waals surface area contributed by atoms with Crippen LogP contribution in [0.2, 0.25) is 0 Å². The Kier molecular flexibility index (Phi) is 7.59. The highest BCUT2D eigenvalue weighted by atomic mass is 16.2. The summed E-state index contributed by atoms with van der Waals surface area (Å²) in [6, 6.07) is 0.151. The average molecular weight is 283 g/mol. The highest BCUT2D eigenvalue weighted by Gasteiger charge is 2.30. The van der Waals surface area contributed by atoms with Crippen molar-refractivity contribution in [3.8, 4) is 0 Å². The van der Waals surface area contributed by atoms with Crippen LogP contribution in [0.4, 0.5) is 0 Å². The lowest BCUT2D eigenvalue weighted by Crippen LogP contribution is -2.51. The van der Waals surface area contributed by atoms with E-state index in [0.29, 0.717) is 19.5 Å². The number of carbonyl (C=O) groups excluding carboxylic acids is 2. The maximum Gasteiger partial charge on any atom is 0.225 e. The maximum atomic E-state index is 12.5. The van der Waals surface area contributed by atoms with E-state index in [4.69, 9.17) is 5.73 Å². The minimum Gasteiger partial charge on any atom is -0.354 e. The SMILES string of the molecule is CCC(CC)C(=O)N1CCCCC1CNC(=O)CCN. The molecule has 1 heterocycles. The van der Waals surface area contributed by atoms with E-state index in [-0.39, 0.29) is 23.8 Å². The number of nitrogens with zero attached hydrogens (tertiary/aromatic N) is 1. The second kappa shape index (κ2) is 8.95. The Bertz CT molecular complexity index is 316. The number of hydrogen-bond acceptors (Lipinski definition) is 3. The van der Waals surface area contributed by atoms with Gasteiger partial charge in [0.25, 0.3) is 0 Å². The molecule has 1 aliphatic heterocycles. The maximum absolute atomic E-state index is 12.5. The van der Waals surface area contributed by atoms with Crippen LogP contribution in [-0.2, 0) is 9.59 Å². The summed E-state index contributed by atoms with van der Waals surface area (Å²) in [4.78, 5) is 26.0. The Balaban J connectivity index is 2.57. The first-order valence-electron chi connectivity index (χ1n) is 7.91. The second-order valence-electron chi connectivity index (χ2n) is 5.54. The Morgan fingerprint density at radius 3 is 2.60 bits per heavy atom. The number of rotatable bonds is 7. The van der Waals surface area contributed by atoms with Gasteiger partial charge in [0.05, 0.1) is 0 Å². The van der Waals surface area contributed by atoms with E-state index in [9.17, 15) is 9.59 Å². The average Bonchev–Trinajstić information content (AvgIpc) is 2.47. The van der Waals surface area contributed by atoms with Gasteiger partial charge in [0.2, 0.25) is 11.8 Å². The largest absolute Gasteiger partial charge is 0.354 e. The predicted octanol–water partition coefficient (Wildman–Crippen LogP) is 1.27. The van der Waals surface area contributed by atoms with Crippen molar-refractivity contribution in [2.24, 2.45) is 11.7 Å². The van der Waals surface area contributed by atoms with E-state index in [1.807, 2.05) is 4.90 Å². The van der Waals surface area contributed by atoms with Gasteiger partial charge in [-0.15, -0.1) is 0 Å². The lowest BCUT2D eigenvalue weighted by Gasteiger charge is -2.37. The van der Waals surface area contributed by atoms with Gasteiger partial charge < -0.3 is 16.0 Å². The summed E-state index contributed by atoms with van der Waals surface area (Å²) < 4.78 is 0. The minimum absolute atomic E-state index is 0.0204. The van der Waals surface area contributed by atoms with Gasteiger partial charge in [-0.3, -0.25) is 9.59 Å². The van der Waals surface area contributed by atoms with Crippen LogP contribution >= 0.6 is 0 Å². The number of piperidine rings is 1. The molecule has 0 radical (unpaired) electrons. The third-order valence-electron chi connectivity index (χ3n) is 4.15. The van der Waals surface area contributed by atoms with Crippen LogP contribution in [0.1, 0.15) is 52.4 Å². The van der Waals surface area contributed by atoms with E-state index >= 15 is 0 Å². The zero-order chi connectivity index (χ0) is 15.0. The summed E-state index contributed by atoms with van der Waals surface area (Å²) in [5, 5.41) is 2.90. The van der Waals surface area contributed by atoms with Crippen molar-refractivity contribution >= 4 is 11.8 Å². The van der Waals surface area contributed by atoms with Gasteiger partial charge in [-0.25, -0.2) is 0 Å². The zero-order valence-corrected chi connectivity index (χ0v) is 12.9. The second-order valence-corrected chi connectivity index (χ2v) is 5.54. The lowest BCUT2D eigenvalue weighted by atomic mass is 9.96. The molecule has 0 bridgehead atoms. The molecule has 1 atom stereocenters. The molecule has 0 aliphatic carbocycles. The molecule has 5 heteroatoms. The van der Waals surface area contributed by atoms with Gasteiger partial charge in [-0.2, -0.15) is 0 Å². The van der Waals surface area contributed by atoms with Crippen LogP contribution in [0.25, 0.3) is 0 Å². The number of hydrogen-bond donors (Lipinski definition) is 2. The number of carbonyl (C=O) groups is 2. The first-order valence-corrected chi connectivity index (χ1v) is 7.91. The summed E-state index contributed by atoms with van der Waals surface area (Å²) in [6.45, 7) is 5.88. The fraction of sp³-hybridized carbons (Fsp3) is 0.867.